The topological polar surface area (TPSA) is 63.6 Å². The van der Waals surface area contributed by atoms with Crippen LogP contribution in [0.5, 0.6) is 0 Å². The first-order chi connectivity index (χ1) is 12.5. The number of aliphatic carboxylic acids is 1. The van der Waals surface area contributed by atoms with Crippen molar-refractivity contribution in [2.45, 2.75) is 19.6 Å². The molecule has 3 rings (SSSR count). The lowest BCUT2D eigenvalue weighted by Crippen LogP contribution is -2.15. The van der Waals surface area contributed by atoms with E-state index < -0.39 is 12.1 Å². The number of carboxylic acid groups (broad SMARTS) is 1. The molecule has 1 unspecified atom stereocenters. The Morgan fingerprint density at radius 2 is 1.69 bits per heavy atom. The summed E-state index contributed by atoms with van der Waals surface area (Å²) in [6, 6.07) is 20.4. The molecule has 1 atom stereocenters. The van der Waals surface area contributed by atoms with Crippen LogP contribution in [-0.2, 0) is 16.1 Å². The van der Waals surface area contributed by atoms with Crippen molar-refractivity contribution < 1.29 is 19.4 Å². The summed E-state index contributed by atoms with van der Waals surface area (Å²) in [6.07, 6.45) is -0.994. The van der Waals surface area contributed by atoms with E-state index >= 15 is 0 Å². The van der Waals surface area contributed by atoms with E-state index in [-0.39, 0.29) is 12.4 Å². The SMILES string of the molecule is CC(=O)c1ccc(-c2ccc(COC(C(=O)O)c3ccccc3)cc2)s1. The molecule has 26 heavy (non-hydrogen) atoms. The van der Waals surface area contributed by atoms with Crippen LogP contribution in [0.2, 0.25) is 0 Å². The fourth-order valence-corrected chi connectivity index (χ4v) is 3.47. The number of benzene rings is 2. The Balaban J connectivity index is 1.68. The fourth-order valence-electron chi connectivity index (χ4n) is 2.56. The highest BCUT2D eigenvalue weighted by molar-refractivity contribution is 7.17. The third-order valence-corrected chi connectivity index (χ3v) is 5.17. The normalized spacial score (nSPS) is 11.9. The molecule has 1 N–H and O–H groups in total. The molecular formula is C21H18O4S. The van der Waals surface area contributed by atoms with Crippen LogP contribution in [-0.4, -0.2) is 16.9 Å². The van der Waals surface area contributed by atoms with Gasteiger partial charge in [-0.25, -0.2) is 4.79 Å². The van der Waals surface area contributed by atoms with Crippen molar-refractivity contribution in [2.75, 3.05) is 0 Å². The van der Waals surface area contributed by atoms with Gasteiger partial charge in [0.05, 0.1) is 11.5 Å². The van der Waals surface area contributed by atoms with Gasteiger partial charge in [0.15, 0.2) is 11.9 Å². The molecule has 0 aliphatic carbocycles. The molecule has 5 heteroatoms. The van der Waals surface area contributed by atoms with Crippen molar-refractivity contribution in [3.05, 3.63) is 82.7 Å². The monoisotopic (exact) mass is 366 g/mol. The van der Waals surface area contributed by atoms with Crippen molar-refractivity contribution in [2.24, 2.45) is 0 Å². The van der Waals surface area contributed by atoms with Crippen molar-refractivity contribution in [1.29, 1.82) is 0 Å². The Hall–Kier alpha value is -2.76. The van der Waals surface area contributed by atoms with Gasteiger partial charge in [-0.15, -0.1) is 11.3 Å². The van der Waals surface area contributed by atoms with E-state index in [0.717, 1.165) is 20.9 Å². The molecule has 1 aromatic heterocycles. The second-order valence-corrected chi connectivity index (χ2v) is 6.94. The van der Waals surface area contributed by atoms with Gasteiger partial charge < -0.3 is 9.84 Å². The quantitative estimate of drug-likeness (QED) is 0.600. The molecule has 1 heterocycles. The average Bonchev–Trinajstić information content (AvgIpc) is 3.13. The maximum Gasteiger partial charge on any atom is 0.337 e. The molecule has 0 saturated carbocycles. The van der Waals surface area contributed by atoms with E-state index in [4.69, 9.17) is 4.74 Å². The van der Waals surface area contributed by atoms with Crippen molar-refractivity contribution in [3.63, 3.8) is 0 Å². The molecule has 0 saturated heterocycles. The minimum atomic E-state index is -1.01. The van der Waals surface area contributed by atoms with Crippen LogP contribution in [0.25, 0.3) is 10.4 Å². The van der Waals surface area contributed by atoms with E-state index in [1.807, 2.05) is 42.5 Å². The zero-order chi connectivity index (χ0) is 18.5. The summed E-state index contributed by atoms with van der Waals surface area (Å²) in [6.45, 7) is 1.76. The Morgan fingerprint density at radius 1 is 1.00 bits per heavy atom. The standard InChI is InChI=1S/C21H18O4S/c1-14(22)18-11-12-19(26-18)16-9-7-15(8-10-16)13-25-20(21(23)24)17-5-3-2-4-6-17/h2-12,20H,13H2,1H3,(H,23,24). The number of hydrogen-bond acceptors (Lipinski definition) is 4. The molecule has 4 nitrogen and oxygen atoms in total. The van der Waals surface area contributed by atoms with Crippen LogP contribution in [0.3, 0.4) is 0 Å². The first kappa shape index (κ1) is 18.0. The number of Topliss-reactive ketones (excluding diaryl/α,β-unsaturated/α-hetero) is 1. The maximum absolute atomic E-state index is 11.5. The third-order valence-electron chi connectivity index (χ3n) is 3.93. The average molecular weight is 366 g/mol. The Labute approximate surface area is 155 Å². The third kappa shape index (κ3) is 4.25. The largest absolute Gasteiger partial charge is 0.479 e. The number of carbonyl (C=O) groups is 2. The maximum atomic E-state index is 11.5. The molecule has 2 aromatic carbocycles. The van der Waals surface area contributed by atoms with Gasteiger partial charge in [-0.05, 0) is 35.7 Å². The minimum Gasteiger partial charge on any atom is -0.479 e. The molecule has 3 aromatic rings. The molecule has 0 fully saturated rings. The van der Waals surface area contributed by atoms with Gasteiger partial charge in [0, 0.05) is 4.88 Å². The predicted octanol–water partition coefficient (Wildman–Crippen LogP) is 4.96. The van der Waals surface area contributed by atoms with Gasteiger partial charge in [0.25, 0.3) is 0 Å². The number of thiophene rings is 1. The summed E-state index contributed by atoms with van der Waals surface area (Å²) in [7, 11) is 0. The number of carbonyl (C=O) groups excluding carboxylic acids is 1. The molecule has 0 aliphatic rings. The highest BCUT2D eigenvalue weighted by Gasteiger charge is 2.20. The Bertz CT molecular complexity index is 897. The number of rotatable bonds is 7. The first-order valence-electron chi connectivity index (χ1n) is 8.14. The van der Waals surface area contributed by atoms with Crippen molar-refractivity contribution in [3.8, 4) is 10.4 Å². The summed E-state index contributed by atoms with van der Waals surface area (Å²) < 4.78 is 5.62. The van der Waals surface area contributed by atoms with E-state index in [9.17, 15) is 14.7 Å². The molecule has 132 valence electrons. The molecule has 0 amide bonds. The summed E-state index contributed by atoms with van der Waals surface area (Å²) in [5, 5.41) is 9.39. The summed E-state index contributed by atoms with van der Waals surface area (Å²) in [5.74, 6) is -0.949. The minimum absolute atomic E-state index is 0.0619. The van der Waals surface area contributed by atoms with Crippen molar-refractivity contribution in [1.82, 2.24) is 0 Å². The van der Waals surface area contributed by atoms with Crippen molar-refractivity contribution >= 4 is 23.1 Å². The lowest BCUT2D eigenvalue weighted by atomic mass is 10.1. The van der Waals surface area contributed by atoms with Gasteiger partial charge in [-0.3, -0.25) is 4.79 Å². The fraction of sp³-hybridized carbons (Fsp3) is 0.143. The summed E-state index contributed by atoms with van der Waals surface area (Å²) in [4.78, 5) is 24.6. The van der Waals surface area contributed by atoms with Gasteiger partial charge in [-0.1, -0.05) is 54.6 Å². The van der Waals surface area contributed by atoms with Gasteiger partial charge in [0.2, 0.25) is 0 Å². The van der Waals surface area contributed by atoms with Gasteiger partial charge in [-0.2, -0.15) is 0 Å². The predicted molar refractivity (Wildman–Crippen MR) is 101 cm³/mol. The molecule has 0 aliphatic heterocycles. The molecule has 0 spiro atoms. The van der Waals surface area contributed by atoms with Gasteiger partial charge >= 0.3 is 5.97 Å². The number of carboxylic acids is 1. The van der Waals surface area contributed by atoms with E-state index in [2.05, 4.69) is 0 Å². The Morgan fingerprint density at radius 3 is 2.27 bits per heavy atom. The number of ether oxygens (including phenoxy) is 1. The van der Waals surface area contributed by atoms with E-state index in [0.29, 0.717) is 5.56 Å². The number of ketones is 1. The van der Waals surface area contributed by atoms with Crippen LogP contribution in [0.15, 0.2) is 66.7 Å². The molecule has 0 radical (unpaired) electrons. The van der Waals surface area contributed by atoms with Gasteiger partial charge in [0.1, 0.15) is 0 Å². The van der Waals surface area contributed by atoms with E-state index in [1.54, 1.807) is 31.2 Å². The molecular weight excluding hydrogens is 348 g/mol. The van der Waals surface area contributed by atoms with Crippen LogP contribution < -0.4 is 0 Å². The second-order valence-electron chi connectivity index (χ2n) is 5.86. The van der Waals surface area contributed by atoms with Crippen LogP contribution in [0, 0.1) is 0 Å². The highest BCUT2D eigenvalue weighted by atomic mass is 32.1. The lowest BCUT2D eigenvalue weighted by Gasteiger charge is -2.14. The lowest BCUT2D eigenvalue weighted by molar-refractivity contribution is -0.151. The van der Waals surface area contributed by atoms with Crippen LogP contribution in [0.4, 0.5) is 0 Å². The zero-order valence-electron chi connectivity index (χ0n) is 14.2. The van der Waals surface area contributed by atoms with Crippen LogP contribution in [0.1, 0.15) is 33.8 Å². The van der Waals surface area contributed by atoms with Crippen LogP contribution >= 0.6 is 11.3 Å². The summed E-state index contributed by atoms with van der Waals surface area (Å²) >= 11 is 1.46. The number of hydrogen-bond donors (Lipinski definition) is 1. The van der Waals surface area contributed by atoms with E-state index in [1.165, 1.54) is 11.3 Å². The Kier molecular flexibility index (Phi) is 5.61. The summed E-state index contributed by atoms with van der Waals surface area (Å²) in [5.41, 5.74) is 2.52. The zero-order valence-corrected chi connectivity index (χ0v) is 15.0. The second kappa shape index (κ2) is 8.08. The first-order valence-corrected chi connectivity index (χ1v) is 8.95. The highest BCUT2D eigenvalue weighted by Crippen LogP contribution is 2.29. The molecule has 0 bridgehead atoms. The smallest absolute Gasteiger partial charge is 0.337 e.